The summed E-state index contributed by atoms with van der Waals surface area (Å²) in [4.78, 5) is 56.6. The lowest BCUT2D eigenvalue weighted by Gasteiger charge is -2.29. The van der Waals surface area contributed by atoms with Crippen molar-refractivity contribution in [3.63, 3.8) is 0 Å². The van der Waals surface area contributed by atoms with Crippen LogP contribution in [0.1, 0.15) is 33.6 Å². The van der Waals surface area contributed by atoms with Crippen LogP contribution in [0.4, 0.5) is 5.69 Å². The fourth-order valence-electron chi connectivity index (χ4n) is 3.68. The number of rotatable bonds is 2. The zero-order valence-electron chi connectivity index (χ0n) is 13.9. The van der Waals surface area contributed by atoms with E-state index >= 15 is 0 Å². The molecule has 0 bridgehead atoms. The summed E-state index contributed by atoms with van der Waals surface area (Å²) in [7, 11) is 0. The molecule has 1 unspecified atom stereocenters. The molecule has 0 N–H and O–H groups in total. The molecule has 0 saturated carbocycles. The maximum absolute atomic E-state index is 13.1. The predicted octanol–water partition coefficient (Wildman–Crippen LogP) is 2.37. The highest BCUT2D eigenvalue weighted by Gasteiger charge is 2.60. The Morgan fingerprint density at radius 2 is 1.59 bits per heavy atom. The third-order valence-electron chi connectivity index (χ3n) is 4.92. The zero-order valence-corrected chi connectivity index (χ0v) is 14.7. The summed E-state index contributed by atoms with van der Waals surface area (Å²) in [6.07, 6.45) is 0.436. The summed E-state index contributed by atoms with van der Waals surface area (Å²) in [5, 5.41) is 0.492. The first kappa shape index (κ1) is 16.1. The third-order valence-corrected chi connectivity index (χ3v) is 6.38. The Balaban J connectivity index is 1.48. The number of nitrogens with zero attached hydrogens (tertiary/aromatic N) is 2. The van der Waals surface area contributed by atoms with Crippen LogP contribution in [-0.2, 0) is 14.4 Å². The van der Waals surface area contributed by atoms with E-state index < -0.39 is 22.7 Å². The van der Waals surface area contributed by atoms with Gasteiger partial charge in [-0.05, 0) is 24.3 Å². The highest BCUT2D eigenvalue weighted by atomic mass is 32.2. The maximum atomic E-state index is 13.1. The van der Waals surface area contributed by atoms with Crippen molar-refractivity contribution in [2.24, 2.45) is 0 Å². The number of hydroxylamine groups is 2. The fraction of sp³-hybridized carbons (Fsp3) is 0.158. The van der Waals surface area contributed by atoms with Gasteiger partial charge in [0.15, 0.2) is 4.87 Å². The Bertz CT molecular complexity index is 1020. The molecule has 2 aromatic carbocycles. The van der Waals surface area contributed by atoms with Gasteiger partial charge >= 0.3 is 5.97 Å². The minimum atomic E-state index is -1.30. The topological polar surface area (TPSA) is 84.0 Å². The van der Waals surface area contributed by atoms with E-state index in [0.717, 1.165) is 4.90 Å². The molecule has 3 aliphatic rings. The smallest absolute Gasteiger partial charge is 0.326 e. The molecule has 1 fully saturated rings. The van der Waals surface area contributed by atoms with Crippen molar-refractivity contribution in [2.45, 2.75) is 22.6 Å². The number of anilines is 1. The van der Waals surface area contributed by atoms with Crippen LogP contribution in [0.2, 0.25) is 0 Å². The molecule has 7 nitrogen and oxygen atoms in total. The van der Waals surface area contributed by atoms with Crippen molar-refractivity contribution < 1.29 is 24.0 Å². The Hall–Kier alpha value is -3.13. The van der Waals surface area contributed by atoms with E-state index in [-0.39, 0.29) is 29.9 Å². The number of hydrogen-bond acceptors (Lipinski definition) is 6. The van der Waals surface area contributed by atoms with Crippen LogP contribution in [0.25, 0.3) is 0 Å². The minimum Gasteiger partial charge on any atom is -0.326 e. The van der Waals surface area contributed by atoms with E-state index in [4.69, 9.17) is 4.84 Å². The maximum Gasteiger partial charge on any atom is 0.369 e. The number of hydrogen-bond donors (Lipinski definition) is 0. The van der Waals surface area contributed by atoms with Crippen LogP contribution < -0.4 is 4.90 Å². The first-order valence-electron chi connectivity index (χ1n) is 8.34. The first-order chi connectivity index (χ1) is 13.0. The van der Waals surface area contributed by atoms with E-state index in [0.29, 0.717) is 10.8 Å². The van der Waals surface area contributed by atoms with E-state index in [2.05, 4.69) is 0 Å². The Morgan fingerprint density at radius 1 is 0.963 bits per heavy atom. The molecular weight excluding hydrogens is 368 g/mol. The monoisotopic (exact) mass is 380 g/mol. The van der Waals surface area contributed by atoms with Crippen LogP contribution in [0.3, 0.4) is 0 Å². The first-order valence-corrected chi connectivity index (χ1v) is 9.16. The van der Waals surface area contributed by atoms with Gasteiger partial charge in [-0.2, -0.15) is 0 Å². The highest BCUT2D eigenvalue weighted by molar-refractivity contribution is 8.02. The second-order valence-corrected chi connectivity index (χ2v) is 7.73. The number of carbonyl (C=O) groups is 4. The molecule has 3 amide bonds. The molecule has 0 aliphatic carbocycles. The van der Waals surface area contributed by atoms with Crippen molar-refractivity contribution in [1.29, 1.82) is 0 Å². The lowest BCUT2D eigenvalue weighted by molar-refractivity contribution is -0.171. The van der Waals surface area contributed by atoms with Gasteiger partial charge in [0, 0.05) is 17.7 Å². The zero-order chi connectivity index (χ0) is 18.8. The summed E-state index contributed by atoms with van der Waals surface area (Å²) in [5.41, 5.74) is 1.02. The fourth-order valence-corrected chi connectivity index (χ4v) is 5.07. The molecule has 0 spiro atoms. The highest BCUT2D eigenvalue weighted by Crippen LogP contribution is 2.56. The van der Waals surface area contributed by atoms with Crippen LogP contribution in [0.15, 0.2) is 53.4 Å². The number of imide groups is 1. The van der Waals surface area contributed by atoms with E-state index in [1.807, 2.05) is 12.1 Å². The molecule has 3 heterocycles. The SMILES string of the molecule is O=C1c2ccccc2C(=O)N1OC(=O)C12CCC(=O)N1c1ccccc1S2. The molecule has 1 atom stereocenters. The normalized spacial score (nSPS) is 22.7. The van der Waals surface area contributed by atoms with Gasteiger partial charge < -0.3 is 4.84 Å². The second-order valence-electron chi connectivity index (χ2n) is 6.41. The Kier molecular flexibility index (Phi) is 3.23. The van der Waals surface area contributed by atoms with Gasteiger partial charge in [-0.15, -0.1) is 0 Å². The van der Waals surface area contributed by atoms with Gasteiger partial charge in [0.1, 0.15) is 0 Å². The van der Waals surface area contributed by atoms with Crippen LogP contribution >= 0.6 is 11.8 Å². The molecule has 1 saturated heterocycles. The van der Waals surface area contributed by atoms with E-state index in [1.54, 1.807) is 24.3 Å². The van der Waals surface area contributed by atoms with E-state index in [1.165, 1.54) is 28.8 Å². The number of para-hydroxylation sites is 1. The second kappa shape index (κ2) is 5.43. The van der Waals surface area contributed by atoms with Crippen molar-refractivity contribution >= 4 is 41.1 Å². The molecule has 8 heteroatoms. The molecule has 3 aliphatic heterocycles. The standard InChI is InChI=1S/C19H12N2O5S/c22-15-9-10-19(20(15)13-7-3-4-8-14(13)27-19)18(25)26-21-16(23)11-5-1-2-6-12(11)17(21)24/h1-8H,9-10H2. The molecule has 5 rings (SSSR count). The number of carbonyl (C=O) groups excluding carboxylic acids is 4. The van der Waals surface area contributed by atoms with Gasteiger partial charge in [-0.1, -0.05) is 41.1 Å². The van der Waals surface area contributed by atoms with Crippen molar-refractivity contribution in [3.05, 3.63) is 59.7 Å². The summed E-state index contributed by atoms with van der Waals surface area (Å²) in [6, 6.07) is 13.5. The largest absolute Gasteiger partial charge is 0.369 e. The van der Waals surface area contributed by atoms with Gasteiger partial charge in [-0.3, -0.25) is 19.3 Å². The minimum absolute atomic E-state index is 0.188. The van der Waals surface area contributed by atoms with Gasteiger partial charge in [-0.25, -0.2) is 4.79 Å². The lowest BCUT2D eigenvalue weighted by atomic mass is 10.1. The predicted molar refractivity (Wildman–Crippen MR) is 94.8 cm³/mol. The Morgan fingerprint density at radius 3 is 2.30 bits per heavy atom. The van der Waals surface area contributed by atoms with Crippen molar-refractivity contribution in [1.82, 2.24) is 5.06 Å². The number of fused-ring (bicyclic) bond motifs is 4. The molecule has 27 heavy (non-hydrogen) atoms. The van der Waals surface area contributed by atoms with Crippen molar-refractivity contribution in [3.8, 4) is 0 Å². The van der Waals surface area contributed by atoms with E-state index in [9.17, 15) is 19.2 Å². The molecular formula is C19H12N2O5S. The van der Waals surface area contributed by atoms with Crippen LogP contribution in [0.5, 0.6) is 0 Å². The van der Waals surface area contributed by atoms with Gasteiger partial charge in [0.05, 0.1) is 16.8 Å². The third kappa shape index (κ3) is 2.04. The van der Waals surface area contributed by atoms with Crippen molar-refractivity contribution in [2.75, 3.05) is 4.90 Å². The summed E-state index contributed by atoms with van der Waals surface area (Å²) in [6.45, 7) is 0. The quantitative estimate of drug-likeness (QED) is 0.744. The van der Waals surface area contributed by atoms with Gasteiger partial charge in [0.25, 0.3) is 11.8 Å². The van der Waals surface area contributed by atoms with Crippen LogP contribution in [0, 0.1) is 0 Å². The molecule has 0 radical (unpaired) electrons. The number of benzene rings is 2. The van der Waals surface area contributed by atoms with Crippen LogP contribution in [-0.4, -0.2) is 33.6 Å². The van der Waals surface area contributed by atoms with Gasteiger partial charge in [0.2, 0.25) is 5.91 Å². The summed E-state index contributed by atoms with van der Waals surface area (Å²) in [5.74, 6) is -2.36. The molecule has 134 valence electrons. The Labute approximate surface area is 157 Å². The number of thioether (sulfide) groups is 1. The number of amides is 3. The molecule has 0 aromatic heterocycles. The summed E-state index contributed by atoms with van der Waals surface area (Å²) >= 11 is 1.22. The molecule has 2 aromatic rings. The average Bonchev–Trinajstić information content (AvgIpc) is 3.27. The average molecular weight is 380 g/mol. The summed E-state index contributed by atoms with van der Waals surface area (Å²) < 4.78 is 0. The lowest BCUT2D eigenvalue weighted by Crippen LogP contribution is -2.50.